The van der Waals surface area contributed by atoms with E-state index in [0.717, 1.165) is 6.42 Å². The molecule has 0 bridgehead atoms. The monoisotopic (exact) mass is 133 g/mol. The van der Waals surface area contributed by atoms with E-state index in [2.05, 4.69) is 11.8 Å². The van der Waals surface area contributed by atoms with E-state index in [-0.39, 0.29) is 0 Å². The van der Waals surface area contributed by atoms with E-state index in [9.17, 15) is 0 Å². The second-order valence-corrected chi connectivity index (χ2v) is 2.14. The minimum atomic E-state index is 0.706. The molecule has 1 nitrogen and oxygen atoms in total. The Bertz CT molecular complexity index is 215. The summed E-state index contributed by atoms with van der Waals surface area (Å²) >= 11 is 0. The maximum absolute atomic E-state index is 5.39. The number of allylic oxidation sites excluding steroid dienone is 4. The van der Waals surface area contributed by atoms with Crippen LogP contribution in [0.5, 0.6) is 0 Å². The molecule has 0 amide bonds. The fourth-order valence-corrected chi connectivity index (χ4v) is 0.816. The Morgan fingerprint density at radius 2 is 2.30 bits per heavy atom. The van der Waals surface area contributed by atoms with Gasteiger partial charge in [-0.15, -0.1) is 5.73 Å². The van der Waals surface area contributed by atoms with E-state index in [4.69, 9.17) is 5.73 Å². The van der Waals surface area contributed by atoms with Crippen molar-refractivity contribution in [1.29, 1.82) is 0 Å². The maximum atomic E-state index is 5.39. The van der Waals surface area contributed by atoms with Crippen molar-refractivity contribution in [2.75, 3.05) is 6.54 Å². The van der Waals surface area contributed by atoms with Crippen molar-refractivity contribution in [1.82, 2.24) is 0 Å². The van der Waals surface area contributed by atoms with Crippen LogP contribution in [0, 0.1) is 0 Å². The van der Waals surface area contributed by atoms with Crippen molar-refractivity contribution in [2.24, 2.45) is 5.73 Å². The summed E-state index contributed by atoms with van der Waals surface area (Å²) in [6.45, 7) is 0.706. The highest BCUT2D eigenvalue weighted by atomic mass is 14.5. The largest absolute Gasteiger partial charge is 0.330 e. The Balaban J connectivity index is 2.66. The predicted octanol–water partition coefficient (Wildman–Crippen LogP) is 1.54. The molecule has 0 saturated heterocycles. The highest BCUT2D eigenvalue weighted by Crippen LogP contribution is 2.03. The summed E-state index contributed by atoms with van der Waals surface area (Å²) in [7, 11) is 0. The van der Waals surface area contributed by atoms with Gasteiger partial charge in [0.25, 0.3) is 0 Å². The van der Waals surface area contributed by atoms with Crippen molar-refractivity contribution in [3.8, 4) is 0 Å². The van der Waals surface area contributed by atoms with Crippen molar-refractivity contribution in [2.45, 2.75) is 6.42 Å². The Kier molecular flexibility index (Phi) is 2.75. The van der Waals surface area contributed by atoms with Gasteiger partial charge in [0.2, 0.25) is 0 Å². The zero-order valence-corrected chi connectivity index (χ0v) is 5.88. The molecule has 1 aliphatic rings. The first kappa shape index (κ1) is 7.07. The number of hydrogen-bond donors (Lipinski definition) is 1. The van der Waals surface area contributed by atoms with Crippen LogP contribution in [-0.2, 0) is 0 Å². The van der Waals surface area contributed by atoms with E-state index >= 15 is 0 Å². The standard InChI is InChI=1S/C9H11N/c10-8-7-9-5-3-1-2-4-6-9/h1-3,5-6H,7-8,10H2. The summed E-state index contributed by atoms with van der Waals surface area (Å²) < 4.78 is 0. The summed E-state index contributed by atoms with van der Waals surface area (Å²) in [5, 5.41) is 0. The van der Waals surface area contributed by atoms with E-state index < -0.39 is 0 Å². The molecular formula is C9H11N. The molecule has 2 N–H and O–H groups in total. The molecule has 0 saturated carbocycles. The van der Waals surface area contributed by atoms with Gasteiger partial charge in [0.15, 0.2) is 0 Å². The number of nitrogens with two attached hydrogens (primary N) is 1. The molecule has 1 aliphatic carbocycles. The summed E-state index contributed by atoms with van der Waals surface area (Å²) in [5.41, 5.74) is 9.65. The summed E-state index contributed by atoms with van der Waals surface area (Å²) in [6, 6.07) is 0. The van der Waals surface area contributed by atoms with Crippen LogP contribution in [0.3, 0.4) is 0 Å². The number of rotatable bonds is 2. The fourth-order valence-electron chi connectivity index (χ4n) is 0.816. The molecule has 0 aromatic carbocycles. The fraction of sp³-hybridized carbons (Fsp3) is 0.222. The van der Waals surface area contributed by atoms with Gasteiger partial charge in [-0.25, -0.2) is 0 Å². The molecule has 10 heavy (non-hydrogen) atoms. The Labute approximate surface area is 61.2 Å². The molecule has 0 atom stereocenters. The topological polar surface area (TPSA) is 26.0 Å². The van der Waals surface area contributed by atoms with Gasteiger partial charge in [0.1, 0.15) is 0 Å². The Morgan fingerprint density at radius 3 is 3.10 bits per heavy atom. The number of hydrogen-bond acceptors (Lipinski definition) is 1. The van der Waals surface area contributed by atoms with Gasteiger partial charge in [0.05, 0.1) is 0 Å². The lowest BCUT2D eigenvalue weighted by molar-refractivity contribution is 0.974. The van der Waals surface area contributed by atoms with Crippen molar-refractivity contribution >= 4 is 0 Å². The van der Waals surface area contributed by atoms with Gasteiger partial charge in [-0.05, 0) is 30.7 Å². The highest BCUT2D eigenvalue weighted by Gasteiger charge is 1.88. The smallest absolute Gasteiger partial charge is 0.00365 e. The highest BCUT2D eigenvalue weighted by molar-refractivity contribution is 5.28. The first-order chi connectivity index (χ1) is 4.93. The van der Waals surface area contributed by atoms with E-state index in [0.29, 0.717) is 6.54 Å². The Hall–Kier alpha value is -1.04. The lowest BCUT2D eigenvalue weighted by Crippen LogP contribution is -1.98. The lowest BCUT2D eigenvalue weighted by atomic mass is 10.2. The van der Waals surface area contributed by atoms with Crippen LogP contribution in [0.1, 0.15) is 6.42 Å². The van der Waals surface area contributed by atoms with E-state index in [1.165, 1.54) is 5.57 Å². The van der Waals surface area contributed by atoms with Crippen LogP contribution in [0.25, 0.3) is 0 Å². The molecule has 0 fully saturated rings. The van der Waals surface area contributed by atoms with Crippen LogP contribution in [0.2, 0.25) is 0 Å². The van der Waals surface area contributed by atoms with Gasteiger partial charge >= 0.3 is 0 Å². The van der Waals surface area contributed by atoms with Crippen molar-refractivity contribution in [3.05, 3.63) is 41.7 Å². The van der Waals surface area contributed by atoms with Crippen LogP contribution in [0.15, 0.2) is 41.7 Å². The van der Waals surface area contributed by atoms with Gasteiger partial charge in [-0.3, -0.25) is 0 Å². The van der Waals surface area contributed by atoms with Crippen LogP contribution in [-0.4, -0.2) is 6.54 Å². The molecule has 0 unspecified atom stereocenters. The quantitative estimate of drug-likeness (QED) is 0.568. The minimum absolute atomic E-state index is 0.706. The van der Waals surface area contributed by atoms with Crippen molar-refractivity contribution < 1.29 is 0 Å². The zero-order valence-electron chi connectivity index (χ0n) is 5.88. The molecule has 0 radical (unpaired) electrons. The second kappa shape index (κ2) is 3.89. The first-order valence-electron chi connectivity index (χ1n) is 3.42. The molecular weight excluding hydrogens is 122 g/mol. The molecule has 52 valence electrons. The molecule has 0 heterocycles. The predicted molar refractivity (Wildman–Crippen MR) is 43.5 cm³/mol. The zero-order chi connectivity index (χ0) is 7.23. The third-order valence-electron chi connectivity index (χ3n) is 1.32. The van der Waals surface area contributed by atoms with E-state index in [1.807, 2.05) is 24.3 Å². The molecule has 0 aromatic rings. The van der Waals surface area contributed by atoms with Crippen LogP contribution in [0.4, 0.5) is 0 Å². The summed E-state index contributed by atoms with van der Waals surface area (Å²) in [4.78, 5) is 0. The lowest BCUT2D eigenvalue weighted by Gasteiger charge is -1.93. The molecule has 1 heteroatoms. The van der Waals surface area contributed by atoms with Gasteiger partial charge in [-0.2, -0.15) is 0 Å². The van der Waals surface area contributed by atoms with Gasteiger partial charge < -0.3 is 5.73 Å². The van der Waals surface area contributed by atoms with Crippen LogP contribution < -0.4 is 5.73 Å². The normalized spacial score (nSPS) is 15.1. The second-order valence-electron chi connectivity index (χ2n) is 2.14. The first-order valence-corrected chi connectivity index (χ1v) is 3.42. The molecule has 0 spiro atoms. The van der Waals surface area contributed by atoms with Crippen LogP contribution >= 0.6 is 0 Å². The van der Waals surface area contributed by atoms with Gasteiger partial charge in [0, 0.05) is 0 Å². The van der Waals surface area contributed by atoms with Crippen molar-refractivity contribution in [3.63, 3.8) is 0 Å². The minimum Gasteiger partial charge on any atom is -0.330 e. The summed E-state index contributed by atoms with van der Waals surface area (Å²) in [5.74, 6) is 0. The molecule has 0 aromatic heterocycles. The molecule has 0 aliphatic heterocycles. The third-order valence-corrected chi connectivity index (χ3v) is 1.32. The summed E-state index contributed by atoms with van der Waals surface area (Å²) in [6.07, 6.45) is 10.8. The van der Waals surface area contributed by atoms with Gasteiger partial charge in [-0.1, -0.05) is 18.2 Å². The third kappa shape index (κ3) is 2.06. The Morgan fingerprint density at radius 1 is 1.40 bits per heavy atom. The maximum Gasteiger partial charge on any atom is -0.00365 e. The average molecular weight is 133 g/mol. The SMILES string of the molecule is NCCC1=CC=CC=C=C1. The molecule has 1 rings (SSSR count). The van der Waals surface area contributed by atoms with E-state index in [1.54, 1.807) is 0 Å². The average Bonchev–Trinajstić information content (AvgIpc) is 2.17.